The van der Waals surface area contributed by atoms with Gasteiger partial charge >= 0.3 is 0 Å². The van der Waals surface area contributed by atoms with Gasteiger partial charge in [-0.2, -0.15) is 0 Å². The van der Waals surface area contributed by atoms with E-state index in [1.807, 2.05) is 4.90 Å². The molecule has 1 rings (SSSR count). The fraction of sp³-hybridized carbons (Fsp3) is 0.929. The van der Waals surface area contributed by atoms with Crippen molar-refractivity contribution in [1.29, 1.82) is 0 Å². The minimum Gasteiger partial charge on any atom is -0.340 e. The van der Waals surface area contributed by atoms with Crippen molar-refractivity contribution in [2.24, 2.45) is 17.6 Å². The van der Waals surface area contributed by atoms with Crippen molar-refractivity contribution in [3.8, 4) is 0 Å². The van der Waals surface area contributed by atoms with Gasteiger partial charge in [0.05, 0.1) is 0 Å². The molecule has 0 heterocycles. The Bertz CT molecular complexity index is 253. The fourth-order valence-corrected chi connectivity index (χ4v) is 2.96. The molecular formula is C14H28N2O. The van der Waals surface area contributed by atoms with E-state index in [0.717, 1.165) is 25.8 Å². The van der Waals surface area contributed by atoms with Gasteiger partial charge in [0.25, 0.3) is 0 Å². The van der Waals surface area contributed by atoms with Crippen molar-refractivity contribution in [1.82, 2.24) is 4.90 Å². The van der Waals surface area contributed by atoms with Crippen LogP contribution in [0.25, 0.3) is 0 Å². The lowest BCUT2D eigenvalue weighted by Crippen LogP contribution is -2.43. The Morgan fingerprint density at radius 3 is 2.47 bits per heavy atom. The van der Waals surface area contributed by atoms with Crippen LogP contribution in [0.4, 0.5) is 0 Å². The molecule has 0 spiro atoms. The maximum atomic E-state index is 12.4. The molecule has 2 N–H and O–H groups in total. The second kappa shape index (κ2) is 6.39. The predicted molar refractivity (Wildman–Crippen MR) is 71.6 cm³/mol. The summed E-state index contributed by atoms with van der Waals surface area (Å²) in [6, 6.07) is 0.602. The highest BCUT2D eigenvalue weighted by atomic mass is 16.2. The van der Waals surface area contributed by atoms with Crippen LogP contribution < -0.4 is 5.73 Å². The number of rotatable bonds is 4. The molecule has 1 amide bonds. The third-order valence-corrected chi connectivity index (χ3v) is 4.10. The standard InChI is InChI=1S/C14H28N2O/c1-5-16(10(2)3)14(17)11(4)12-7-6-8-13(15)9-12/h10-13H,5-9,15H2,1-4H3. The zero-order valence-electron chi connectivity index (χ0n) is 11.8. The van der Waals surface area contributed by atoms with Gasteiger partial charge in [-0.05, 0) is 46.0 Å². The lowest BCUT2D eigenvalue weighted by Gasteiger charge is -2.35. The highest BCUT2D eigenvalue weighted by molar-refractivity contribution is 5.79. The number of carbonyl (C=O) groups excluding carboxylic acids is 1. The predicted octanol–water partition coefficient (Wildman–Crippen LogP) is 2.40. The molecule has 0 aromatic rings. The lowest BCUT2D eigenvalue weighted by molar-refractivity contribution is -0.138. The molecule has 1 aliphatic carbocycles. The summed E-state index contributed by atoms with van der Waals surface area (Å²) < 4.78 is 0. The van der Waals surface area contributed by atoms with Crippen molar-refractivity contribution < 1.29 is 4.79 Å². The fourth-order valence-electron chi connectivity index (χ4n) is 2.96. The van der Waals surface area contributed by atoms with Gasteiger partial charge in [0.1, 0.15) is 0 Å². The zero-order chi connectivity index (χ0) is 13.0. The normalized spacial score (nSPS) is 26.9. The maximum Gasteiger partial charge on any atom is 0.225 e. The monoisotopic (exact) mass is 240 g/mol. The number of carbonyl (C=O) groups is 1. The molecule has 100 valence electrons. The first-order chi connectivity index (χ1) is 7.97. The summed E-state index contributed by atoms with van der Waals surface area (Å²) >= 11 is 0. The first-order valence-corrected chi connectivity index (χ1v) is 7.03. The van der Waals surface area contributed by atoms with Gasteiger partial charge in [0.2, 0.25) is 5.91 Å². The van der Waals surface area contributed by atoms with E-state index in [4.69, 9.17) is 5.73 Å². The van der Waals surface area contributed by atoms with Crippen molar-refractivity contribution in [2.75, 3.05) is 6.54 Å². The molecule has 0 radical (unpaired) electrons. The Morgan fingerprint density at radius 1 is 1.35 bits per heavy atom. The van der Waals surface area contributed by atoms with Crippen LogP contribution in [0.1, 0.15) is 53.4 Å². The summed E-state index contributed by atoms with van der Waals surface area (Å²) in [4.78, 5) is 14.4. The second-order valence-electron chi connectivity index (χ2n) is 5.69. The molecule has 0 saturated heterocycles. The molecule has 1 aliphatic rings. The van der Waals surface area contributed by atoms with Gasteiger partial charge in [-0.15, -0.1) is 0 Å². The Balaban J connectivity index is 2.61. The average molecular weight is 240 g/mol. The Morgan fingerprint density at radius 2 is 2.00 bits per heavy atom. The van der Waals surface area contributed by atoms with Crippen LogP contribution in [0, 0.1) is 11.8 Å². The van der Waals surface area contributed by atoms with Crippen molar-refractivity contribution in [3.63, 3.8) is 0 Å². The SMILES string of the molecule is CCN(C(=O)C(C)C1CCCC(N)C1)C(C)C. The van der Waals surface area contributed by atoms with Gasteiger partial charge < -0.3 is 10.6 Å². The molecule has 0 bridgehead atoms. The number of hydrogen-bond donors (Lipinski definition) is 1. The quantitative estimate of drug-likeness (QED) is 0.820. The van der Waals surface area contributed by atoms with Crippen LogP contribution in [0.5, 0.6) is 0 Å². The van der Waals surface area contributed by atoms with E-state index in [1.165, 1.54) is 6.42 Å². The van der Waals surface area contributed by atoms with Gasteiger partial charge in [-0.25, -0.2) is 0 Å². The molecule has 0 aromatic heterocycles. The molecule has 17 heavy (non-hydrogen) atoms. The first-order valence-electron chi connectivity index (χ1n) is 7.03. The highest BCUT2D eigenvalue weighted by Gasteiger charge is 2.31. The van der Waals surface area contributed by atoms with E-state index < -0.39 is 0 Å². The molecular weight excluding hydrogens is 212 g/mol. The van der Waals surface area contributed by atoms with Crippen LogP contribution in [0.15, 0.2) is 0 Å². The minimum atomic E-state index is 0.128. The highest BCUT2D eigenvalue weighted by Crippen LogP contribution is 2.30. The second-order valence-corrected chi connectivity index (χ2v) is 5.69. The number of nitrogens with two attached hydrogens (primary N) is 1. The van der Waals surface area contributed by atoms with E-state index in [1.54, 1.807) is 0 Å². The molecule has 3 unspecified atom stereocenters. The smallest absolute Gasteiger partial charge is 0.225 e. The van der Waals surface area contributed by atoms with Crippen LogP contribution in [-0.2, 0) is 4.79 Å². The van der Waals surface area contributed by atoms with Crippen LogP contribution >= 0.6 is 0 Å². The summed E-state index contributed by atoms with van der Waals surface area (Å²) in [5.74, 6) is 0.921. The molecule has 0 aliphatic heterocycles. The van der Waals surface area contributed by atoms with Crippen molar-refractivity contribution >= 4 is 5.91 Å². The molecule has 3 nitrogen and oxygen atoms in total. The van der Waals surface area contributed by atoms with Crippen LogP contribution in [0.3, 0.4) is 0 Å². The van der Waals surface area contributed by atoms with Crippen LogP contribution in [0.2, 0.25) is 0 Å². The van der Waals surface area contributed by atoms with E-state index in [0.29, 0.717) is 23.9 Å². The molecule has 0 aromatic carbocycles. The van der Waals surface area contributed by atoms with Crippen LogP contribution in [-0.4, -0.2) is 29.4 Å². The van der Waals surface area contributed by atoms with Gasteiger partial charge in [0.15, 0.2) is 0 Å². The molecule has 3 heteroatoms. The van der Waals surface area contributed by atoms with E-state index >= 15 is 0 Å². The Kier molecular flexibility index (Phi) is 5.44. The summed E-state index contributed by atoms with van der Waals surface area (Å²) in [5.41, 5.74) is 6.01. The molecule has 1 fully saturated rings. The Hall–Kier alpha value is -0.570. The van der Waals surface area contributed by atoms with Crippen molar-refractivity contribution in [2.45, 2.75) is 65.5 Å². The van der Waals surface area contributed by atoms with E-state index in [9.17, 15) is 4.79 Å². The topological polar surface area (TPSA) is 46.3 Å². The zero-order valence-corrected chi connectivity index (χ0v) is 11.8. The summed E-state index contributed by atoms with van der Waals surface area (Å²) in [6.45, 7) is 9.11. The molecule has 3 atom stereocenters. The van der Waals surface area contributed by atoms with Crippen molar-refractivity contribution in [3.05, 3.63) is 0 Å². The number of amides is 1. The van der Waals surface area contributed by atoms with E-state index in [2.05, 4.69) is 27.7 Å². The third kappa shape index (κ3) is 3.70. The van der Waals surface area contributed by atoms with Gasteiger partial charge in [-0.3, -0.25) is 4.79 Å². The largest absolute Gasteiger partial charge is 0.340 e. The minimum absolute atomic E-state index is 0.128. The van der Waals surface area contributed by atoms with Gasteiger partial charge in [0, 0.05) is 24.5 Å². The molecule has 1 saturated carbocycles. The van der Waals surface area contributed by atoms with Gasteiger partial charge in [-0.1, -0.05) is 13.3 Å². The lowest BCUT2D eigenvalue weighted by atomic mass is 9.78. The summed E-state index contributed by atoms with van der Waals surface area (Å²) in [6.07, 6.45) is 4.48. The number of hydrogen-bond acceptors (Lipinski definition) is 2. The Labute approximate surface area is 106 Å². The first kappa shape index (κ1) is 14.5. The maximum absolute atomic E-state index is 12.4. The third-order valence-electron chi connectivity index (χ3n) is 4.10. The number of nitrogens with zero attached hydrogens (tertiary/aromatic N) is 1. The van der Waals surface area contributed by atoms with E-state index in [-0.39, 0.29) is 5.92 Å². The summed E-state index contributed by atoms with van der Waals surface area (Å²) in [5, 5.41) is 0. The summed E-state index contributed by atoms with van der Waals surface area (Å²) in [7, 11) is 0. The average Bonchev–Trinajstić information content (AvgIpc) is 2.28.